The summed E-state index contributed by atoms with van der Waals surface area (Å²) >= 11 is 0. The van der Waals surface area contributed by atoms with Crippen LogP contribution in [-0.4, -0.2) is 60.3 Å². The smallest absolute Gasteiger partial charge is 0.224 e. The molecule has 2 heterocycles. The fourth-order valence-corrected chi connectivity index (χ4v) is 2.16. The van der Waals surface area contributed by atoms with Crippen LogP contribution in [0.3, 0.4) is 0 Å². The predicted molar refractivity (Wildman–Crippen MR) is 76.5 cm³/mol. The van der Waals surface area contributed by atoms with E-state index in [4.69, 9.17) is 4.74 Å². The summed E-state index contributed by atoms with van der Waals surface area (Å²) in [6, 6.07) is 0.104. The van der Waals surface area contributed by atoms with Gasteiger partial charge in [-0.05, 0) is 13.8 Å². The highest BCUT2D eigenvalue weighted by atomic mass is 19.1. The zero-order valence-corrected chi connectivity index (χ0v) is 12.0. The number of hydrogen-bond donors (Lipinski definition) is 2. The van der Waals surface area contributed by atoms with Crippen molar-refractivity contribution in [2.24, 2.45) is 0 Å². The molecule has 0 spiro atoms. The Labute approximate surface area is 118 Å². The first-order valence-corrected chi connectivity index (χ1v) is 7.02. The Bertz CT molecular complexity index is 425. The fourth-order valence-electron chi connectivity index (χ4n) is 2.16. The van der Waals surface area contributed by atoms with Crippen molar-refractivity contribution in [3.05, 3.63) is 12.0 Å². The lowest BCUT2D eigenvalue weighted by Crippen LogP contribution is -2.42. The van der Waals surface area contributed by atoms with Crippen molar-refractivity contribution in [2.75, 3.05) is 50.0 Å². The molecule has 1 aliphatic rings. The van der Waals surface area contributed by atoms with Crippen LogP contribution >= 0.6 is 0 Å². The second-order valence-corrected chi connectivity index (χ2v) is 4.88. The fraction of sp³-hybridized carbons (Fsp3) is 0.692. The lowest BCUT2D eigenvalue weighted by atomic mass is 10.3. The first kappa shape index (κ1) is 14.9. The van der Waals surface area contributed by atoms with Crippen molar-refractivity contribution in [2.45, 2.75) is 19.9 Å². The van der Waals surface area contributed by atoms with Gasteiger partial charge in [0.25, 0.3) is 0 Å². The molecular formula is C13H22FN5O. The van der Waals surface area contributed by atoms with E-state index in [1.165, 1.54) is 6.20 Å². The zero-order valence-electron chi connectivity index (χ0n) is 12.0. The molecule has 1 saturated heterocycles. The van der Waals surface area contributed by atoms with Gasteiger partial charge in [0.05, 0.1) is 19.4 Å². The van der Waals surface area contributed by atoms with Crippen LogP contribution in [0, 0.1) is 5.82 Å². The van der Waals surface area contributed by atoms with Crippen LogP contribution in [-0.2, 0) is 4.74 Å². The van der Waals surface area contributed by atoms with Gasteiger partial charge in [-0.1, -0.05) is 0 Å². The molecule has 1 unspecified atom stereocenters. The standard InChI is InChI=1S/C13H22FN5O/c1-3-15-13-16-8-11(14)12(18-13)17-10(2)9-19-4-6-20-7-5-19/h8,10H,3-7,9H2,1-2H3,(H2,15,16,17,18). The van der Waals surface area contributed by atoms with Gasteiger partial charge in [0.2, 0.25) is 5.95 Å². The van der Waals surface area contributed by atoms with Gasteiger partial charge in [0.15, 0.2) is 11.6 Å². The van der Waals surface area contributed by atoms with Gasteiger partial charge in [-0.3, -0.25) is 4.90 Å². The first-order chi connectivity index (χ1) is 9.69. The summed E-state index contributed by atoms with van der Waals surface area (Å²) in [5.74, 6) is 0.257. The molecule has 1 atom stereocenters. The maximum absolute atomic E-state index is 13.7. The zero-order chi connectivity index (χ0) is 14.4. The van der Waals surface area contributed by atoms with E-state index in [1.807, 2.05) is 13.8 Å². The molecule has 112 valence electrons. The minimum atomic E-state index is -0.430. The summed E-state index contributed by atoms with van der Waals surface area (Å²) < 4.78 is 19.0. The topological polar surface area (TPSA) is 62.3 Å². The molecular weight excluding hydrogens is 261 g/mol. The lowest BCUT2D eigenvalue weighted by molar-refractivity contribution is 0.0368. The normalized spacial score (nSPS) is 17.8. The van der Waals surface area contributed by atoms with Crippen molar-refractivity contribution < 1.29 is 9.13 Å². The molecule has 1 fully saturated rings. The SMILES string of the molecule is CCNc1ncc(F)c(NC(C)CN2CCOCC2)n1. The highest BCUT2D eigenvalue weighted by Crippen LogP contribution is 2.13. The molecule has 0 aromatic carbocycles. The summed E-state index contributed by atoms with van der Waals surface area (Å²) in [4.78, 5) is 10.3. The van der Waals surface area contributed by atoms with Crippen molar-refractivity contribution in [3.63, 3.8) is 0 Å². The van der Waals surface area contributed by atoms with Crippen LogP contribution in [0.15, 0.2) is 6.20 Å². The van der Waals surface area contributed by atoms with E-state index in [2.05, 4.69) is 25.5 Å². The van der Waals surface area contributed by atoms with E-state index < -0.39 is 5.82 Å². The number of rotatable bonds is 6. The monoisotopic (exact) mass is 283 g/mol. The molecule has 0 aliphatic carbocycles. The highest BCUT2D eigenvalue weighted by Gasteiger charge is 2.15. The molecule has 20 heavy (non-hydrogen) atoms. The van der Waals surface area contributed by atoms with Gasteiger partial charge in [-0.25, -0.2) is 9.37 Å². The Morgan fingerprint density at radius 2 is 2.20 bits per heavy atom. The van der Waals surface area contributed by atoms with Crippen molar-refractivity contribution in [1.29, 1.82) is 0 Å². The number of anilines is 2. The second-order valence-electron chi connectivity index (χ2n) is 4.88. The van der Waals surface area contributed by atoms with Crippen molar-refractivity contribution >= 4 is 11.8 Å². The van der Waals surface area contributed by atoms with Crippen LogP contribution in [0.4, 0.5) is 16.2 Å². The number of ether oxygens (including phenoxy) is 1. The number of nitrogens with zero attached hydrogens (tertiary/aromatic N) is 3. The molecule has 6 nitrogen and oxygen atoms in total. The van der Waals surface area contributed by atoms with Gasteiger partial charge >= 0.3 is 0 Å². The van der Waals surface area contributed by atoms with E-state index in [9.17, 15) is 4.39 Å². The molecule has 2 rings (SSSR count). The van der Waals surface area contributed by atoms with Gasteiger partial charge in [0.1, 0.15) is 0 Å². The third-order valence-electron chi connectivity index (χ3n) is 3.10. The summed E-state index contributed by atoms with van der Waals surface area (Å²) in [7, 11) is 0. The Balaban J connectivity index is 1.92. The summed E-state index contributed by atoms with van der Waals surface area (Å²) in [5, 5.41) is 6.08. The minimum Gasteiger partial charge on any atom is -0.379 e. The van der Waals surface area contributed by atoms with E-state index in [-0.39, 0.29) is 11.9 Å². The van der Waals surface area contributed by atoms with Crippen LogP contribution in [0.5, 0.6) is 0 Å². The quantitative estimate of drug-likeness (QED) is 0.817. The third kappa shape index (κ3) is 4.28. The summed E-state index contributed by atoms with van der Waals surface area (Å²) in [6.45, 7) is 8.86. The minimum absolute atomic E-state index is 0.104. The van der Waals surface area contributed by atoms with Gasteiger partial charge in [-0.2, -0.15) is 4.98 Å². The van der Waals surface area contributed by atoms with Gasteiger partial charge in [-0.15, -0.1) is 0 Å². The van der Waals surface area contributed by atoms with Crippen LogP contribution in [0.25, 0.3) is 0 Å². The average molecular weight is 283 g/mol. The van der Waals surface area contributed by atoms with Gasteiger partial charge in [0, 0.05) is 32.2 Å². The molecule has 0 radical (unpaired) electrons. The summed E-state index contributed by atoms with van der Waals surface area (Å²) in [5.41, 5.74) is 0. The number of hydrogen-bond acceptors (Lipinski definition) is 6. The molecule has 2 N–H and O–H groups in total. The van der Waals surface area contributed by atoms with Gasteiger partial charge < -0.3 is 15.4 Å². The molecule has 1 aliphatic heterocycles. The van der Waals surface area contributed by atoms with E-state index in [0.29, 0.717) is 12.5 Å². The number of halogens is 1. The maximum Gasteiger partial charge on any atom is 0.224 e. The Hall–Kier alpha value is -1.47. The highest BCUT2D eigenvalue weighted by molar-refractivity contribution is 5.41. The molecule has 0 saturated carbocycles. The molecule has 1 aromatic rings. The molecule has 0 amide bonds. The predicted octanol–water partition coefficient (Wildman–Crippen LogP) is 1.18. The Morgan fingerprint density at radius 3 is 2.90 bits per heavy atom. The van der Waals surface area contributed by atoms with Crippen LogP contribution in [0.1, 0.15) is 13.8 Å². The molecule has 1 aromatic heterocycles. The van der Waals surface area contributed by atoms with E-state index in [1.54, 1.807) is 0 Å². The number of aromatic nitrogens is 2. The maximum atomic E-state index is 13.7. The van der Waals surface area contributed by atoms with Crippen molar-refractivity contribution in [1.82, 2.24) is 14.9 Å². The van der Waals surface area contributed by atoms with Crippen LogP contribution in [0.2, 0.25) is 0 Å². The van der Waals surface area contributed by atoms with Crippen LogP contribution < -0.4 is 10.6 Å². The number of nitrogens with one attached hydrogen (secondary N) is 2. The molecule has 7 heteroatoms. The molecule has 0 bridgehead atoms. The number of morpholine rings is 1. The largest absolute Gasteiger partial charge is 0.379 e. The van der Waals surface area contributed by atoms with E-state index >= 15 is 0 Å². The lowest BCUT2D eigenvalue weighted by Gasteiger charge is -2.29. The Kier molecular flexibility index (Phi) is 5.49. The second kappa shape index (κ2) is 7.35. The van der Waals surface area contributed by atoms with Crippen molar-refractivity contribution in [3.8, 4) is 0 Å². The first-order valence-electron chi connectivity index (χ1n) is 7.02. The van der Waals surface area contributed by atoms with E-state index in [0.717, 1.165) is 32.8 Å². The Morgan fingerprint density at radius 1 is 1.45 bits per heavy atom. The average Bonchev–Trinajstić information content (AvgIpc) is 2.44. The third-order valence-corrected chi connectivity index (χ3v) is 3.10. The summed E-state index contributed by atoms with van der Waals surface area (Å²) in [6.07, 6.45) is 1.19.